The topological polar surface area (TPSA) is 95.5 Å². The van der Waals surface area contributed by atoms with Crippen LogP contribution < -0.4 is 10.6 Å². The maximum absolute atomic E-state index is 12.1. The smallest absolute Gasteiger partial charge is 0.229 e. The van der Waals surface area contributed by atoms with Gasteiger partial charge in [0.15, 0.2) is 9.84 Å². The molecule has 1 aromatic rings. The first-order chi connectivity index (χ1) is 9.29. The van der Waals surface area contributed by atoms with Gasteiger partial charge in [-0.05, 0) is 38.1 Å². The molecule has 2 atom stereocenters. The SMILES string of the molecule is CC1NCCC1C(=O)Nc1cc(S(C)(=O)=O)ccc1O. The summed E-state index contributed by atoms with van der Waals surface area (Å²) in [5, 5.41) is 15.5. The third-order valence-electron chi connectivity index (χ3n) is 3.52. The summed E-state index contributed by atoms with van der Waals surface area (Å²) in [5.74, 6) is -0.552. The Labute approximate surface area is 118 Å². The molecule has 1 saturated heterocycles. The molecule has 1 fully saturated rings. The normalized spacial score (nSPS) is 22.7. The molecule has 0 aliphatic carbocycles. The largest absolute Gasteiger partial charge is 0.506 e. The summed E-state index contributed by atoms with van der Waals surface area (Å²) in [6.45, 7) is 2.69. The number of benzene rings is 1. The van der Waals surface area contributed by atoms with Gasteiger partial charge in [-0.15, -0.1) is 0 Å². The summed E-state index contributed by atoms with van der Waals surface area (Å²) < 4.78 is 23.0. The van der Waals surface area contributed by atoms with Gasteiger partial charge in [-0.3, -0.25) is 4.79 Å². The number of hydrogen-bond donors (Lipinski definition) is 3. The quantitative estimate of drug-likeness (QED) is 0.715. The van der Waals surface area contributed by atoms with Crippen molar-refractivity contribution in [3.63, 3.8) is 0 Å². The highest BCUT2D eigenvalue weighted by molar-refractivity contribution is 7.90. The molecule has 7 heteroatoms. The van der Waals surface area contributed by atoms with Crippen molar-refractivity contribution in [3.8, 4) is 5.75 Å². The fourth-order valence-electron chi connectivity index (χ4n) is 2.29. The number of carbonyl (C=O) groups excluding carboxylic acids is 1. The molecular formula is C13H18N2O4S. The van der Waals surface area contributed by atoms with Crippen molar-refractivity contribution in [3.05, 3.63) is 18.2 Å². The lowest BCUT2D eigenvalue weighted by Crippen LogP contribution is -2.32. The maximum Gasteiger partial charge on any atom is 0.229 e. The molecule has 1 aromatic carbocycles. The number of anilines is 1. The zero-order valence-corrected chi connectivity index (χ0v) is 12.2. The molecule has 0 saturated carbocycles. The lowest BCUT2D eigenvalue weighted by Gasteiger charge is -2.16. The molecular weight excluding hydrogens is 280 g/mol. The van der Waals surface area contributed by atoms with Gasteiger partial charge in [-0.1, -0.05) is 0 Å². The van der Waals surface area contributed by atoms with E-state index in [9.17, 15) is 18.3 Å². The van der Waals surface area contributed by atoms with Crippen molar-refractivity contribution in [1.82, 2.24) is 5.32 Å². The van der Waals surface area contributed by atoms with Gasteiger partial charge in [0.1, 0.15) is 5.75 Å². The molecule has 6 nitrogen and oxygen atoms in total. The Hall–Kier alpha value is -1.60. The average molecular weight is 298 g/mol. The monoisotopic (exact) mass is 298 g/mol. The number of phenols is 1. The first kappa shape index (κ1) is 14.8. The lowest BCUT2D eigenvalue weighted by atomic mass is 10.0. The highest BCUT2D eigenvalue weighted by Crippen LogP contribution is 2.28. The van der Waals surface area contributed by atoms with E-state index in [1.165, 1.54) is 18.2 Å². The second-order valence-corrected chi connectivity index (χ2v) is 7.09. The summed E-state index contributed by atoms with van der Waals surface area (Å²) in [7, 11) is -3.38. The molecule has 1 heterocycles. The zero-order chi connectivity index (χ0) is 14.9. The van der Waals surface area contributed by atoms with Crippen LogP contribution in [0.5, 0.6) is 5.75 Å². The predicted molar refractivity (Wildman–Crippen MR) is 75.4 cm³/mol. The van der Waals surface area contributed by atoms with Crippen molar-refractivity contribution < 1.29 is 18.3 Å². The van der Waals surface area contributed by atoms with E-state index >= 15 is 0 Å². The lowest BCUT2D eigenvalue weighted by molar-refractivity contribution is -0.120. The van der Waals surface area contributed by atoms with Gasteiger partial charge in [-0.25, -0.2) is 8.42 Å². The molecule has 1 aliphatic rings. The Morgan fingerprint density at radius 3 is 2.70 bits per heavy atom. The Balaban J connectivity index is 2.22. The molecule has 0 bridgehead atoms. The van der Waals surface area contributed by atoms with Crippen LogP contribution in [0.25, 0.3) is 0 Å². The molecule has 20 heavy (non-hydrogen) atoms. The van der Waals surface area contributed by atoms with Gasteiger partial charge in [0.25, 0.3) is 0 Å². The van der Waals surface area contributed by atoms with Crippen LogP contribution in [0.4, 0.5) is 5.69 Å². The van der Waals surface area contributed by atoms with Crippen molar-refractivity contribution in [2.75, 3.05) is 18.1 Å². The highest BCUT2D eigenvalue weighted by Gasteiger charge is 2.29. The van der Waals surface area contributed by atoms with Crippen LogP contribution in [0.1, 0.15) is 13.3 Å². The second kappa shape index (κ2) is 5.41. The minimum absolute atomic E-state index is 0.0585. The van der Waals surface area contributed by atoms with E-state index in [1.54, 1.807) is 0 Å². The Bertz CT molecular complexity index is 627. The number of aromatic hydroxyl groups is 1. The molecule has 2 unspecified atom stereocenters. The predicted octanol–water partition coefficient (Wildman–Crippen LogP) is 0.732. The minimum Gasteiger partial charge on any atom is -0.506 e. The molecule has 110 valence electrons. The van der Waals surface area contributed by atoms with Gasteiger partial charge < -0.3 is 15.7 Å². The van der Waals surface area contributed by atoms with Crippen LogP contribution in [0, 0.1) is 5.92 Å². The van der Waals surface area contributed by atoms with E-state index < -0.39 is 9.84 Å². The van der Waals surface area contributed by atoms with Gasteiger partial charge in [0.2, 0.25) is 5.91 Å². The number of sulfone groups is 1. The Morgan fingerprint density at radius 2 is 2.15 bits per heavy atom. The van der Waals surface area contributed by atoms with Crippen LogP contribution >= 0.6 is 0 Å². The molecule has 1 aliphatic heterocycles. The van der Waals surface area contributed by atoms with E-state index in [1.807, 2.05) is 6.92 Å². The first-order valence-electron chi connectivity index (χ1n) is 6.36. The number of rotatable bonds is 3. The van der Waals surface area contributed by atoms with E-state index in [4.69, 9.17) is 0 Å². The molecule has 0 spiro atoms. The summed E-state index contributed by atoms with van der Waals surface area (Å²) in [5.41, 5.74) is 0.122. The molecule has 0 aromatic heterocycles. The fourth-order valence-corrected chi connectivity index (χ4v) is 2.94. The Morgan fingerprint density at radius 1 is 1.45 bits per heavy atom. The van der Waals surface area contributed by atoms with E-state index in [-0.39, 0.29) is 34.2 Å². The van der Waals surface area contributed by atoms with Gasteiger partial charge in [0.05, 0.1) is 16.5 Å². The minimum atomic E-state index is -3.38. The van der Waals surface area contributed by atoms with Crippen LogP contribution in [-0.4, -0.2) is 38.3 Å². The van der Waals surface area contributed by atoms with E-state index in [2.05, 4.69) is 10.6 Å². The summed E-state index contributed by atoms with van der Waals surface area (Å²) in [6, 6.07) is 3.91. The van der Waals surface area contributed by atoms with Crippen LogP contribution in [0.2, 0.25) is 0 Å². The maximum atomic E-state index is 12.1. The standard InChI is InChI=1S/C13H18N2O4S/c1-8-10(5-6-14-8)13(17)15-11-7-9(20(2,18)19)3-4-12(11)16/h3-4,7-8,10,14,16H,5-6H2,1-2H3,(H,15,17). The number of carbonyl (C=O) groups is 1. The van der Waals surface area contributed by atoms with E-state index in [0.29, 0.717) is 0 Å². The van der Waals surface area contributed by atoms with Crippen molar-refractivity contribution >= 4 is 21.4 Å². The summed E-state index contributed by atoms with van der Waals surface area (Å²) >= 11 is 0. The van der Waals surface area contributed by atoms with Crippen molar-refractivity contribution in [1.29, 1.82) is 0 Å². The second-order valence-electron chi connectivity index (χ2n) is 5.08. The van der Waals surface area contributed by atoms with Gasteiger partial charge in [-0.2, -0.15) is 0 Å². The molecule has 0 radical (unpaired) electrons. The molecule has 3 N–H and O–H groups in total. The number of amides is 1. The Kier molecular flexibility index (Phi) is 4.01. The van der Waals surface area contributed by atoms with Crippen molar-refractivity contribution in [2.45, 2.75) is 24.3 Å². The number of phenolic OH excluding ortho intramolecular Hbond substituents is 1. The number of hydrogen-bond acceptors (Lipinski definition) is 5. The third kappa shape index (κ3) is 3.10. The van der Waals surface area contributed by atoms with Gasteiger partial charge in [0, 0.05) is 12.3 Å². The van der Waals surface area contributed by atoms with Crippen LogP contribution in [-0.2, 0) is 14.6 Å². The molecule has 2 rings (SSSR count). The first-order valence-corrected chi connectivity index (χ1v) is 8.25. The molecule has 1 amide bonds. The summed E-state index contributed by atoms with van der Waals surface area (Å²) in [6.07, 6.45) is 1.80. The summed E-state index contributed by atoms with van der Waals surface area (Å²) in [4.78, 5) is 12.2. The van der Waals surface area contributed by atoms with Crippen LogP contribution in [0.15, 0.2) is 23.1 Å². The van der Waals surface area contributed by atoms with Crippen molar-refractivity contribution in [2.24, 2.45) is 5.92 Å². The highest BCUT2D eigenvalue weighted by atomic mass is 32.2. The third-order valence-corrected chi connectivity index (χ3v) is 4.63. The average Bonchev–Trinajstić information content (AvgIpc) is 2.77. The number of nitrogens with one attached hydrogen (secondary N) is 2. The van der Waals surface area contributed by atoms with E-state index in [0.717, 1.165) is 19.2 Å². The van der Waals surface area contributed by atoms with Crippen LogP contribution in [0.3, 0.4) is 0 Å². The zero-order valence-electron chi connectivity index (χ0n) is 11.4. The van der Waals surface area contributed by atoms with Gasteiger partial charge >= 0.3 is 0 Å². The fraction of sp³-hybridized carbons (Fsp3) is 0.462.